The van der Waals surface area contributed by atoms with Gasteiger partial charge in [0.2, 0.25) is 0 Å². The van der Waals surface area contributed by atoms with Gasteiger partial charge in [0.15, 0.2) is 6.61 Å². The molecule has 2 rings (SSSR count). The highest BCUT2D eigenvalue weighted by atomic mass is 16.5. The van der Waals surface area contributed by atoms with Crippen molar-refractivity contribution >= 4 is 5.91 Å². The number of hydrogen-bond acceptors (Lipinski definition) is 4. The highest BCUT2D eigenvalue weighted by molar-refractivity contribution is 5.79. The molecule has 1 N–H and O–H groups in total. The largest absolute Gasteiger partial charge is 0.494 e. The maximum Gasteiger partial charge on any atom is 0.259 e. The number of benzene rings is 1. The van der Waals surface area contributed by atoms with Crippen LogP contribution in [0.25, 0.3) is 0 Å². The summed E-state index contributed by atoms with van der Waals surface area (Å²) in [6.45, 7) is 2.64. The summed E-state index contributed by atoms with van der Waals surface area (Å²) >= 11 is 0. The third kappa shape index (κ3) is 4.39. The molecule has 1 saturated carbocycles. The van der Waals surface area contributed by atoms with E-state index in [1.54, 1.807) is 12.1 Å². The Balaban J connectivity index is 1.80. The Morgan fingerprint density at radius 3 is 2.36 bits per heavy atom. The number of hydrogen-bond donors (Lipinski definition) is 1. The smallest absolute Gasteiger partial charge is 0.259 e. The van der Waals surface area contributed by atoms with Crippen LogP contribution in [-0.4, -0.2) is 24.7 Å². The molecule has 0 radical (unpaired) electrons. The van der Waals surface area contributed by atoms with Crippen molar-refractivity contribution in [2.24, 2.45) is 0 Å². The Morgan fingerprint density at radius 2 is 1.82 bits per heavy atom. The van der Waals surface area contributed by atoms with Crippen molar-refractivity contribution < 1.29 is 14.3 Å². The van der Waals surface area contributed by atoms with E-state index in [0.717, 1.165) is 37.9 Å². The predicted octanol–water partition coefficient (Wildman–Crippen LogP) is 2.81. The summed E-state index contributed by atoms with van der Waals surface area (Å²) in [5, 5.41) is 12.0. The maximum atomic E-state index is 11.9. The normalized spacial score (nSPS) is 15.8. The number of nitriles is 1. The summed E-state index contributed by atoms with van der Waals surface area (Å²) < 4.78 is 10.9. The molecule has 0 bridgehead atoms. The van der Waals surface area contributed by atoms with Crippen LogP contribution in [0.4, 0.5) is 0 Å². The van der Waals surface area contributed by atoms with Crippen LogP contribution in [0, 0.1) is 11.3 Å². The van der Waals surface area contributed by atoms with Crippen molar-refractivity contribution in [2.45, 2.75) is 44.6 Å². The van der Waals surface area contributed by atoms with E-state index < -0.39 is 5.54 Å². The molecule has 1 aliphatic rings. The van der Waals surface area contributed by atoms with Gasteiger partial charge in [-0.2, -0.15) is 5.26 Å². The monoisotopic (exact) mass is 302 g/mol. The summed E-state index contributed by atoms with van der Waals surface area (Å²) in [4.78, 5) is 11.9. The average molecular weight is 302 g/mol. The third-order valence-electron chi connectivity index (χ3n) is 3.72. The molecular weight excluding hydrogens is 280 g/mol. The quantitative estimate of drug-likeness (QED) is 0.840. The van der Waals surface area contributed by atoms with Crippen molar-refractivity contribution in [3.05, 3.63) is 24.3 Å². The van der Waals surface area contributed by atoms with Crippen molar-refractivity contribution in [3.63, 3.8) is 0 Å². The first-order valence-electron chi connectivity index (χ1n) is 7.75. The fraction of sp³-hybridized carbons (Fsp3) is 0.529. The van der Waals surface area contributed by atoms with Gasteiger partial charge < -0.3 is 14.8 Å². The van der Waals surface area contributed by atoms with Gasteiger partial charge in [0.1, 0.15) is 17.0 Å². The molecule has 0 aromatic heterocycles. The van der Waals surface area contributed by atoms with Gasteiger partial charge in [-0.25, -0.2) is 0 Å². The molecule has 22 heavy (non-hydrogen) atoms. The number of carbonyl (C=O) groups excluding carboxylic acids is 1. The van der Waals surface area contributed by atoms with Crippen LogP contribution in [0.2, 0.25) is 0 Å². The zero-order valence-corrected chi connectivity index (χ0v) is 12.9. The molecule has 0 spiro atoms. The maximum absolute atomic E-state index is 11.9. The highest BCUT2D eigenvalue weighted by Gasteiger charge is 2.35. The fourth-order valence-electron chi connectivity index (χ4n) is 2.55. The minimum absolute atomic E-state index is 0.0847. The molecule has 0 atom stereocenters. The Hall–Kier alpha value is -2.22. The van der Waals surface area contributed by atoms with Crippen molar-refractivity contribution in [3.8, 4) is 17.6 Å². The van der Waals surface area contributed by atoms with Crippen LogP contribution >= 0.6 is 0 Å². The molecule has 0 heterocycles. The number of amides is 1. The first kappa shape index (κ1) is 16.2. The van der Waals surface area contributed by atoms with Crippen LogP contribution in [0.5, 0.6) is 11.5 Å². The molecule has 118 valence electrons. The number of nitrogens with one attached hydrogen (secondary N) is 1. The fourth-order valence-corrected chi connectivity index (χ4v) is 2.55. The summed E-state index contributed by atoms with van der Waals surface area (Å²) in [7, 11) is 0. The number of carbonyl (C=O) groups is 1. The first-order chi connectivity index (χ1) is 10.7. The SMILES string of the molecule is CCCOc1ccc(OCC(=O)NC2(C#N)CCCC2)cc1. The molecule has 0 unspecified atom stereocenters. The Kier molecular flexibility index (Phi) is 5.65. The van der Waals surface area contributed by atoms with Crippen LogP contribution < -0.4 is 14.8 Å². The molecule has 1 aliphatic carbocycles. The van der Waals surface area contributed by atoms with E-state index in [9.17, 15) is 10.1 Å². The second-order valence-electron chi connectivity index (χ2n) is 5.56. The van der Waals surface area contributed by atoms with Crippen LogP contribution in [0.15, 0.2) is 24.3 Å². The molecule has 1 aromatic rings. The van der Waals surface area contributed by atoms with Gasteiger partial charge in [0.25, 0.3) is 5.91 Å². The lowest BCUT2D eigenvalue weighted by molar-refractivity contribution is -0.124. The third-order valence-corrected chi connectivity index (χ3v) is 3.72. The van der Waals surface area contributed by atoms with E-state index in [1.165, 1.54) is 0 Å². The summed E-state index contributed by atoms with van der Waals surface area (Å²) in [6.07, 6.45) is 4.36. The van der Waals surface area contributed by atoms with Gasteiger partial charge in [0.05, 0.1) is 12.7 Å². The number of nitrogens with zero attached hydrogens (tertiary/aromatic N) is 1. The standard InChI is InChI=1S/C17H22N2O3/c1-2-11-21-14-5-7-15(8-6-14)22-12-16(20)19-17(13-18)9-3-4-10-17/h5-8H,2-4,9-12H2,1H3,(H,19,20). The Labute approximate surface area is 131 Å². The summed E-state index contributed by atoms with van der Waals surface area (Å²) in [5.74, 6) is 1.14. The summed E-state index contributed by atoms with van der Waals surface area (Å²) in [6, 6.07) is 9.41. The molecule has 1 amide bonds. The van der Waals surface area contributed by atoms with Gasteiger partial charge in [-0.1, -0.05) is 6.92 Å². The van der Waals surface area contributed by atoms with E-state index in [0.29, 0.717) is 12.4 Å². The van der Waals surface area contributed by atoms with Crippen LogP contribution in [-0.2, 0) is 4.79 Å². The van der Waals surface area contributed by atoms with Crippen LogP contribution in [0.3, 0.4) is 0 Å². The zero-order chi connectivity index (χ0) is 15.8. The second-order valence-corrected chi connectivity index (χ2v) is 5.56. The number of rotatable bonds is 7. The number of ether oxygens (including phenoxy) is 2. The van der Waals surface area contributed by atoms with Gasteiger partial charge in [0, 0.05) is 0 Å². The molecule has 0 saturated heterocycles. The van der Waals surface area contributed by atoms with Crippen LogP contribution in [0.1, 0.15) is 39.0 Å². The Morgan fingerprint density at radius 1 is 1.23 bits per heavy atom. The highest BCUT2D eigenvalue weighted by Crippen LogP contribution is 2.28. The van der Waals surface area contributed by atoms with Gasteiger partial charge in [-0.3, -0.25) is 4.79 Å². The minimum atomic E-state index is -0.696. The van der Waals surface area contributed by atoms with E-state index in [-0.39, 0.29) is 12.5 Å². The predicted molar refractivity (Wildman–Crippen MR) is 82.7 cm³/mol. The van der Waals surface area contributed by atoms with E-state index in [2.05, 4.69) is 18.3 Å². The lowest BCUT2D eigenvalue weighted by Gasteiger charge is -2.21. The molecule has 5 heteroatoms. The van der Waals surface area contributed by atoms with E-state index in [1.807, 2.05) is 12.1 Å². The lowest BCUT2D eigenvalue weighted by Crippen LogP contribution is -2.47. The van der Waals surface area contributed by atoms with Gasteiger partial charge in [-0.05, 0) is 56.4 Å². The van der Waals surface area contributed by atoms with Crippen molar-refractivity contribution in [1.29, 1.82) is 5.26 Å². The Bertz CT molecular complexity index is 528. The first-order valence-corrected chi connectivity index (χ1v) is 7.75. The molecule has 1 aromatic carbocycles. The van der Waals surface area contributed by atoms with Crippen molar-refractivity contribution in [1.82, 2.24) is 5.32 Å². The van der Waals surface area contributed by atoms with E-state index in [4.69, 9.17) is 9.47 Å². The molecule has 0 aliphatic heterocycles. The van der Waals surface area contributed by atoms with Gasteiger partial charge in [-0.15, -0.1) is 0 Å². The van der Waals surface area contributed by atoms with E-state index >= 15 is 0 Å². The minimum Gasteiger partial charge on any atom is -0.494 e. The summed E-state index contributed by atoms with van der Waals surface area (Å²) in [5.41, 5.74) is -0.696. The van der Waals surface area contributed by atoms with Gasteiger partial charge >= 0.3 is 0 Å². The lowest BCUT2D eigenvalue weighted by atomic mass is 10.00. The molecular formula is C17H22N2O3. The second kappa shape index (κ2) is 7.69. The van der Waals surface area contributed by atoms with Crippen molar-refractivity contribution in [2.75, 3.05) is 13.2 Å². The average Bonchev–Trinajstić information content (AvgIpc) is 3.01. The molecule has 5 nitrogen and oxygen atoms in total. The molecule has 1 fully saturated rings. The topological polar surface area (TPSA) is 71.3 Å². The zero-order valence-electron chi connectivity index (χ0n) is 12.9.